The summed E-state index contributed by atoms with van der Waals surface area (Å²) in [6, 6.07) is 0. The third kappa shape index (κ3) is 8.80. The minimum absolute atomic E-state index is 0.0203. The summed E-state index contributed by atoms with van der Waals surface area (Å²) >= 11 is 8.17. The first-order valence-electron chi connectivity index (χ1n) is 14.3. The van der Waals surface area contributed by atoms with Crippen LogP contribution < -0.4 is 11.5 Å². The minimum Gasteiger partial charge on any atom is -0.387 e. The van der Waals surface area contributed by atoms with Crippen LogP contribution in [0.3, 0.4) is 0 Å². The molecule has 6 rings (SSSR count). The van der Waals surface area contributed by atoms with Crippen molar-refractivity contribution in [3.05, 3.63) is 25.3 Å². The number of imidazole rings is 2. The van der Waals surface area contributed by atoms with E-state index in [1.807, 2.05) is 0 Å². The van der Waals surface area contributed by atoms with Gasteiger partial charge >= 0.3 is 29.2 Å². The Hall–Kier alpha value is -2.17. The van der Waals surface area contributed by atoms with E-state index in [0.717, 1.165) is 12.7 Å². The minimum atomic E-state index is -5.93. The molecule has 27 nitrogen and oxygen atoms in total. The monoisotopic (exact) mass is 868 g/mol. The van der Waals surface area contributed by atoms with Gasteiger partial charge in [0.2, 0.25) is 0 Å². The zero-order valence-corrected chi connectivity index (χ0v) is 31.2. The molecule has 4 aromatic heterocycles. The Kier molecular flexibility index (Phi) is 11.5. The number of aliphatic hydroxyl groups excluding tert-OH is 4. The van der Waals surface area contributed by atoms with Gasteiger partial charge in [-0.05, 0) is 11.8 Å². The van der Waals surface area contributed by atoms with E-state index in [4.69, 9.17) is 30.0 Å². The number of thiol groups is 1. The first kappa shape index (κ1) is 40.5. The predicted octanol–water partition coefficient (Wildman–Crippen LogP) is -1.39. The van der Waals surface area contributed by atoms with Crippen LogP contribution in [0.15, 0.2) is 25.3 Å². The number of nitrogens with zero attached hydrogens (tertiary/aromatic N) is 8. The lowest BCUT2D eigenvalue weighted by atomic mass is 10.1. The van der Waals surface area contributed by atoms with Crippen LogP contribution in [0.4, 0.5) is 11.6 Å². The van der Waals surface area contributed by atoms with Crippen molar-refractivity contribution >= 4 is 87.2 Å². The highest BCUT2D eigenvalue weighted by Gasteiger charge is 2.49. The molecule has 4 unspecified atom stereocenters. The highest BCUT2D eigenvalue weighted by atomic mass is 32.7. The summed E-state index contributed by atoms with van der Waals surface area (Å²) in [5.74, 6) is 0.0432. The number of phosphoric acid groups is 2. The Labute approximate surface area is 305 Å². The maximum Gasteiger partial charge on any atom is 0.488 e. The van der Waals surface area contributed by atoms with E-state index in [2.05, 4.69) is 66.9 Å². The van der Waals surface area contributed by atoms with Gasteiger partial charge in [-0.1, -0.05) is 12.2 Å². The van der Waals surface area contributed by atoms with E-state index in [-0.39, 0.29) is 34.0 Å². The second-order valence-electron chi connectivity index (χ2n) is 11.0. The molecule has 2 fully saturated rings. The number of hydrogen-bond donors (Lipinski definition) is 10. The van der Waals surface area contributed by atoms with Gasteiger partial charge in [0.1, 0.15) is 60.3 Å². The molecule has 6 heterocycles. The van der Waals surface area contributed by atoms with Crippen molar-refractivity contribution < 1.29 is 80.3 Å². The van der Waals surface area contributed by atoms with Gasteiger partial charge in [0, 0.05) is 0 Å². The highest BCUT2D eigenvalue weighted by molar-refractivity contribution is 8.45. The second kappa shape index (κ2) is 15.1. The topological polar surface area (TPSA) is 397 Å². The number of nitrogens with two attached hydrogens (primary N) is 2. The molecule has 12 atom stereocenters. The lowest BCUT2D eigenvalue weighted by molar-refractivity contribution is -0.0486. The molecule has 2 aliphatic rings. The Bertz CT molecular complexity index is 2050. The molecule has 11 N–H and O–H groups in total. The van der Waals surface area contributed by atoms with Crippen LogP contribution in [0, 0.1) is 0 Å². The van der Waals surface area contributed by atoms with Crippen LogP contribution in [-0.4, -0.2) is 124 Å². The molecule has 33 heteroatoms. The smallest absolute Gasteiger partial charge is 0.387 e. The quantitative estimate of drug-likeness (QED) is 0.0515. The van der Waals surface area contributed by atoms with Gasteiger partial charge in [0.15, 0.2) is 35.4 Å². The number of aromatic nitrogens is 8. The number of anilines is 2. The second-order valence-corrected chi connectivity index (χ2v) is 20.0. The van der Waals surface area contributed by atoms with E-state index in [1.54, 1.807) is 0 Å². The standard InChI is InChI=1S/C20H28N10O17P4S2/c21-15-9-17(25-3-23-15)29(5-27-9)19-13(33)11(31)7(43-19)1-41-50(39,52)46-48(35,36)45-49(37,38)47-51(40,53)42-2-8-12(32)14(34)20(44-8)30-6-28-10-16(22)24-4-26-18(10)30/h3-8,11-14,19-20,31-34H,1-2H2,(H,35,36)(H,37,38)(H,39,52)(H,40,53)(H2,21,23,25)(H2,22,24,26)/t7-,8-,11-,12-,13-,14-,19-,20-,50?,51?/m1/s1. The third-order valence-corrected chi connectivity index (χ3v) is 15.2. The normalized spacial score (nSPS) is 30.9. The van der Waals surface area contributed by atoms with Crippen molar-refractivity contribution in [2.24, 2.45) is 0 Å². The Morgan fingerprint density at radius 2 is 1.13 bits per heavy atom. The molecule has 0 bridgehead atoms. The SMILES string of the molecule is Nc1ncnc2c1ncn2[C@@H]1O[C@H](COP(=O)(S)OP(=O)(O)OP(=O)(O)OP(O)(=S)OC[C@H]2O[C@@H](n3cnc4c(N)ncnc43)[C@H](O)[C@@H]2O)[C@@H](O)[C@H]1O. The first-order valence-corrected chi connectivity index (χ1v) is 22.6. The van der Waals surface area contributed by atoms with Crippen LogP contribution in [0.2, 0.25) is 0 Å². The summed E-state index contributed by atoms with van der Waals surface area (Å²) in [5.41, 5.74) is 12.1. The molecule has 0 amide bonds. The molecule has 0 spiro atoms. The molecule has 0 radical (unpaired) electrons. The first-order chi connectivity index (χ1) is 24.7. The lowest BCUT2D eigenvalue weighted by Gasteiger charge is -2.23. The summed E-state index contributed by atoms with van der Waals surface area (Å²) in [4.78, 5) is 54.1. The maximum atomic E-state index is 12.8. The predicted molar refractivity (Wildman–Crippen MR) is 179 cm³/mol. The number of ether oxygens (including phenoxy) is 2. The van der Waals surface area contributed by atoms with Crippen molar-refractivity contribution in [1.29, 1.82) is 0 Å². The van der Waals surface area contributed by atoms with Crippen LogP contribution in [0.25, 0.3) is 22.3 Å². The Morgan fingerprint density at radius 1 is 0.698 bits per heavy atom. The molecule has 0 aliphatic carbocycles. The van der Waals surface area contributed by atoms with Crippen molar-refractivity contribution in [3.8, 4) is 0 Å². The average Bonchev–Trinajstić information content (AvgIpc) is 3.80. The fourth-order valence-electron chi connectivity index (χ4n) is 5.11. The van der Waals surface area contributed by atoms with Crippen LogP contribution in [0.5, 0.6) is 0 Å². The molecule has 4 aromatic rings. The summed E-state index contributed by atoms with van der Waals surface area (Å²) in [6.07, 6.45) is -7.57. The van der Waals surface area contributed by atoms with Crippen molar-refractivity contribution in [2.45, 2.75) is 49.1 Å². The molecule has 292 valence electrons. The number of fused-ring (bicyclic) bond motifs is 2. The largest absolute Gasteiger partial charge is 0.488 e. The Morgan fingerprint density at radius 3 is 1.60 bits per heavy atom. The lowest BCUT2D eigenvalue weighted by Crippen LogP contribution is -2.33. The van der Waals surface area contributed by atoms with E-state index >= 15 is 0 Å². The average molecular weight is 869 g/mol. The van der Waals surface area contributed by atoms with Crippen molar-refractivity contribution in [1.82, 2.24) is 39.0 Å². The number of nitrogen functional groups attached to an aromatic ring is 2. The molecular weight excluding hydrogens is 840 g/mol. The number of hydrogen-bond acceptors (Lipinski definition) is 23. The summed E-state index contributed by atoms with van der Waals surface area (Å²) in [7, 11) is -11.8. The van der Waals surface area contributed by atoms with Crippen LogP contribution in [0.1, 0.15) is 12.5 Å². The van der Waals surface area contributed by atoms with Gasteiger partial charge in [-0.15, -0.1) is 0 Å². The molecule has 53 heavy (non-hydrogen) atoms. The van der Waals surface area contributed by atoms with E-state index in [9.17, 15) is 48.8 Å². The van der Waals surface area contributed by atoms with E-state index in [0.29, 0.717) is 0 Å². The summed E-state index contributed by atoms with van der Waals surface area (Å²) in [6.45, 7) is -11.7. The van der Waals surface area contributed by atoms with Crippen molar-refractivity contribution in [2.75, 3.05) is 24.7 Å². The van der Waals surface area contributed by atoms with E-state index < -0.39 is 91.5 Å². The molecule has 2 aliphatic heterocycles. The molecule has 0 saturated carbocycles. The fraction of sp³-hybridized carbons (Fsp3) is 0.500. The zero-order chi connectivity index (χ0) is 38.7. The van der Waals surface area contributed by atoms with E-state index in [1.165, 1.54) is 21.8 Å². The molecule has 0 aromatic carbocycles. The maximum absolute atomic E-state index is 12.8. The Balaban J connectivity index is 1.01. The van der Waals surface area contributed by atoms with Crippen LogP contribution in [-0.2, 0) is 57.0 Å². The van der Waals surface area contributed by atoms with Gasteiger partial charge in [0.25, 0.3) is 0 Å². The van der Waals surface area contributed by atoms with Gasteiger partial charge in [0.05, 0.1) is 25.9 Å². The summed E-state index contributed by atoms with van der Waals surface area (Å²) in [5, 5.41) is 42.1. The zero-order valence-electron chi connectivity index (χ0n) is 25.9. The van der Waals surface area contributed by atoms with Crippen molar-refractivity contribution in [3.63, 3.8) is 0 Å². The number of aliphatic hydroxyl groups is 4. The fourth-order valence-corrected chi connectivity index (χ4v) is 12.0. The third-order valence-electron chi connectivity index (χ3n) is 7.42. The summed E-state index contributed by atoms with van der Waals surface area (Å²) < 4.78 is 73.9. The van der Waals surface area contributed by atoms with Crippen LogP contribution >= 0.6 is 41.4 Å². The molecular formula is C20H28N10O17P4S2. The highest BCUT2D eigenvalue weighted by Crippen LogP contribution is 2.73. The van der Waals surface area contributed by atoms with Gasteiger partial charge in [-0.3, -0.25) is 13.7 Å². The van der Waals surface area contributed by atoms with Gasteiger partial charge in [-0.2, -0.15) is 8.62 Å². The molecule has 2 saturated heterocycles. The number of rotatable bonds is 14. The van der Waals surface area contributed by atoms with Gasteiger partial charge in [-0.25, -0.2) is 47.9 Å². The van der Waals surface area contributed by atoms with Gasteiger partial charge < -0.3 is 60.6 Å².